The first kappa shape index (κ1) is 13.3. The van der Waals surface area contributed by atoms with Crippen LogP contribution in [-0.2, 0) is 9.59 Å². The van der Waals surface area contributed by atoms with Gasteiger partial charge in [-0.15, -0.1) is 12.3 Å². The molecule has 1 aromatic rings. The minimum Gasteiger partial charge on any atom is -0.480 e. The van der Waals surface area contributed by atoms with E-state index in [1.807, 2.05) is 6.07 Å². The summed E-state index contributed by atoms with van der Waals surface area (Å²) in [6, 6.07) is 7.80. The second-order valence-electron chi connectivity index (χ2n) is 3.39. The molecule has 0 saturated carbocycles. The van der Waals surface area contributed by atoms with E-state index in [0.717, 1.165) is 0 Å². The lowest BCUT2D eigenvalue weighted by molar-refractivity contribution is -0.140. The lowest BCUT2D eigenvalue weighted by Gasteiger charge is -2.08. The smallest absolute Gasteiger partial charge is 0.327 e. The zero-order chi connectivity index (χ0) is 13.4. The van der Waals surface area contributed by atoms with Gasteiger partial charge in [-0.1, -0.05) is 24.1 Å². The van der Waals surface area contributed by atoms with E-state index in [1.165, 1.54) is 0 Å². The maximum absolute atomic E-state index is 11.4. The Hall–Kier alpha value is -2.72. The summed E-state index contributed by atoms with van der Waals surface area (Å²) < 4.78 is 0. The molecular weight excluding hydrogens is 230 g/mol. The number of nitrogens with one attached hydrogen (secondary N) is 1. The molecule has 18 heavy (non-hydrogen) atoms. The maximum atomic E-state index is 11.4. The Labute approximate surface area is 105 Å². The number of terminal acetylenes is 1. The molecule has 1 aromatic carbocycles. The van der Waals surface area contributed by atoms with Crippen LogP contribution in [-0.4, -0.2) is 23.0 Å². The van der Waals surface area contributed by atoms with Crippen molar-refractivity contribution in [3.05, 3.63) is 35.9 Å². The number of carbonyl (C=O) groups excluding carboxylic acids is 1. The van der Waals surface area contributed by atoms with Gasteiger partial charge in [0.1, 0.15) is 6.04 Å². The highest BCUT2D eigenvalue weighted by Gasteiger charge is 2.17. The van der Waals surface area contributed by atoms with Crippen LogP contribution in [0.25, 0.3) is 0 Å². The summed E-state index contributed by atoms with van der Waals surface area (Å²) in [5.41, 5.74) is 0.677. The average molecular weight is 241 g/mol. The molecule has 0 aromatic heterocycles. The SMILES string of the molecule is C#CCC(NC(=O)C#Cc1ccccc1)C(=O)O. The van der Waals surface area contributed by atoms with Crippen LogP contribution in [0, 0.1) is 24.2 Å². The summed E-state index contributed by atoms with van der Waals surface area (Å²) in [7, 11) is 0. The van der Waals surface area contributed by atoms with Crippen LogP contribution in [0.2, 0.25) is 0 Å². The summed E-state index contributed by atoms with van der Waals surface area (Å²) >= 11 is 0. The molecule has 0 bridgehead atoms. The van der Waals surface area contributed by atoms with Crippen LogP contribution in [0.4, 0.5) is 0 Å². The second kappa shape index (κ2) is 6.78. The lowest BCUT2D eigenvalue weighted by atomic mass is 10.2. The van der Waals surface area contributed by atoms with Gasteiger partial charge in [-0.25, -0.2) is 4.79 Å². The Balaban J connectivity index is 2.65. The van der Waals surface area contributed by atoms with Gasteiger partial charge >= 0.3 is 5.97 Å². The van der Waals surface area contributed by atoms with Crippen molar-refractivity contribution in [2.45, 2.75) is 12.5 Å². The van der Waals surface area contributed by atoms with Gasteiger partial charge in [0.2, 0.25) is 0 Å². The van der Waals surface area contributed by atoms with Crippen molar-refractivity contribution < 1.29 is 14.7 Å². The molecular formula is C14H11NO3. The largest absolute Gasteiger partial charge is 0.480 e. The molecule has 0 heterocycles. The standard InChI is InChI=1S/C14H11NO3/c1-2-6-12(14(17)18)15-13(16)10-9-11-7-4-3-5-8-11/h1,3-5,7-8,12H,6H2,(H,15,16)(H,17,18). The molecule has 2 N–H and O–H groups in total. The Kier molecular flexibility index (Phi) is 5.02. The first-order valence-electron chi connectivity index (χ1n) is 5.17. The van der Waals surface area contributed by atoms with Gasteiger partial charge in [0.15, 0.2) is 0 Å². The van der Waals surface area contributed by atoms with E-state index in [0.29, 0.717) is 5.56 Å². The van der Waals surface area contributed by atoms with Crippen LogP contribution >= 0.6 is 0 Å². The molecule has 0 saturated heterocycles. The van der Waals surface area contributed by atoms with Crippen LogP contribution in [0.3, 0.4) is 0 Å². The summed E-state index contributed by atoms with van der Waals surface area (Å²) in [6.45, 7) is 0. The number of rotatable bonds is 3. The number of carboxylic acids is 1. The van der Waals surface area contributed by atoms with E-state index in [9.17, 15) is 9.59 Å². The third-order valence-electron chi connectivity index (χ3n) is 2.02. The third-order valence-corrected chi connectivity index (χ3v) is 2.02. The highest BCUT2D eigenvalue weighted by atomic mass is 16.4. The first-order chi connectivity index (χ1) is 8.63. The number of hydrogen-bond acceptors (Lipinski definition) is 2. The fraction of sp³-hybridized carbons (Fsp3) is 0.143. The number of amides is 1. The quantitative estimate of drug-likeness (QED) is 0.763. The van der Waals surface area contributed by atoms with E-state index in [1.54, 1.807) is 24.3 Å². The molecule has 1 atom stereocenters. The van der Waals surface area contributed by atoms with Gasteiger partial charge < -0.3 is 10.4 Å². The number of carboxylic acid groups (broad SMARTS) is 1. The summed E-state index contributed by atoms with van der Waals surface area (Å²) in [4.78, 5) is 22.1. The zero-order valence-electron chi connectivity index (χ0n) is 9.51. The molecule has 4 heteroatoms. The highest BCUT2D eigenvalue weighted by molar-refractivity contribution is 5.96. The molecule has 0 fully saturated rings. The van der Waals surface area contributed by atoms with Gasteiger partial charge in [0, 0.05) is 17.9 Å². The molecule has 1 amide bonds. The Morgan fingerprint density at radius 1 is 1.33 bits per heavy atom. The molecule has 0 spiro atoms. The minimum atomic E-state index is -1.18. The summed E-state index contributed by atoms with van der Waals surface area (Å²) in [5.74, 6) is 5.28. The maximum Gasteiger partial charge on any atom is 0.327 e. The molecule has 1 rings (SSSR count). The molecule has 0 aliphatic rings. The van der Waals surface area contributed by atoms with Crippen molar-refractivity contribution in [1.82, 2.24) is 5.32 Å². The lowest BCUT2D eigenvalue weighted by Crippen LogP contribution is -2.39. The molecule has 0 radical (unpaired) electrons. The predicted octanol–water partition coefficient (Wildman–Crippen LogP) is 0.631. The number of benzene rings is 1. The van der Waals surface area contributed by atoms with E-state index >= 15 is 0 Å². The first-order valence-corrected chi connectivity index (χ1v) is 5.17. The van der Waals surface area contributed by atoms with E-state index < -0.39 is 17.9 Å². The second-order valence-corrected chi connectivity index (χ2v) is 3.39. The van der Waals surface area contributed by atoms with Crippen LogP contribution in [0.5, 0.6) is 0 Å². The van der Waals surface area contributed by atoms with Crippen molar-refractivity contribution in [3.63, 3.8) is 0 Å². The van der Waals surface area contributed by atoms with Crippen molar-refractivity contribution in [1.29, 1.82) is 0 Å². The van der Waals surface area contributed by atoms with Crippen LogP contribution in [0.1, 0.15) is 12.0 Å². The van der Waals surface area contributed by atoms with Crippen molar-refractivity contribution in [2.24, 2.45) is 0 Å². The summed E-state index contributed by atoms with van der Waals surface area (Å²) in [6.07, 6.45) is 4.93. The molecule has 90 valence electrons. The predicted molar refractivity (Wildman–Crippen MR) is 66.3 cm³/mol. The van der Waals surface area contributed by atoms with E-state index in [4.69, 9.17) is 11.5 Å². The van der Waals surface area contributed by atoms with Gasteiger partial charge in [-0.3, -0.25) is 4.79 Å². The zero-order valence-corrected chi connectivity index (χ0v) is 9.51. The third kappa shape index (κ3) is 4.42. The van der Waals surface area contributed by atoms with Crippen LogP contribution in [0.15, 0.2) is 30.3 Å². The average Bonchev–Trinajstić information content (AvgIpc) is 2.37. The fourth-order valence-electron chi connectivity index (χ4n) is 1.16. The Morgan fingerprint density at radius 3 is 2.56 bits per heavy atom. The molecule has 0 aliphatic carbocycles. The van der Waals surface area contributed by atoms with Crippen LogP contribution < -0.4 is 5.32 Å². The number of hydrogen-bond donors (Lipinski definition) is 2. The highest BCUT2D eigenvalue weighted by Crippen LogP contribution is 1.95. The van der Waals surface area contributed by atoms with Crippen molar-refractivity contribution >= 4 is 11.9 Å². The number of aliphatic carboxylic acids is 1. The molecule has 1 unspecified atom stereocenters. The molecule has 4 nitrogen and oxygen atoms in total. The van der Waals surface area contributed by atoms with E-state index in [-0.39, 0.29) is 6.42 Å². The fourth-order valence-corrected chi connectivity index (χ4v) is 1.16. The summed E-state index contributed by atoms with van der Waals surface area (Å²) in [5, 5.41) is 11.0. The van der Waals surface area contributed by atoms with E-state index in [2.05, 4.69) is 23.1 Å². The normalized spacial score (nSPS) is 10.4. The van der Waals surface area contributed by atoms with Crippen molar-refractivity contribution in [2.75, 3.05) is 0 Å². The monoisotopic (exact) mass is 241 g/mol. The van der Waals surface area contributed by atoms with Gasteiger partial charge in [0.25, 0.3) is 5.91 Å². The Bertz CT molecular complexity index is 532. The van der Waals surface area contributed by atoms with Gasteiger partial charge in [0.05, 0.1) is 0 Å². The molecule has 0 aliphatic heterocycles. The van der Waals surface area contributed by atoms with Crippen molar-refractivity contribution in [3.8, 4) is 24.2 Å². The van der Waals surface area contributed by atoms with Gasteiger partial charge in [-0.2, -0.15) is 0 Å². The number of carbonyl (C=O) groups is 2. The van der Waals surface area contributed by atoms with Gasteiger partial charge in [-0.05, 0) is 12.1 Å². The topological polar surface area (TPSA) is 66.4 Å². The minimum absolute atomic E-state index is 0.0753. The Morgan fingerprint density at radius 2 is 2.00 bits per heavy atom.